The maximum Gasteiger partial charge on any atom is 0.251 e. The smallest absolute Gasteiger partial charge is 0.251 e. The standard InChI is InChI=1S/C17H29N3O/c1-3-5-6-7-8-9-12-20-17(21)15-10-13-19-16(14-15)18-11-4-2/h10,13-14H,3-9,11-12H2,1-2H3,(H,18,19)(H,20,21). The Balaban J connectivity index is 2.25. The summed E-state index contributed by atoms with van der Waals surface area (Å²) in [4.78, 5) is 16.2. The Morgan fingerprint density at radius 1 is 1.05 bits per heavy atom. The van der Waals surface area contributed by atoms with Crippen LogP contribution in [0, 0.1) is 0 Å². The number of pyridine rings is 1. The first-order valence-corrected chi connectivity index (χ1v) is 8.26. The van der Waals surface area contributed by atoms with Crippen molar-refractivity contribution in [2.75, 3.05) is 18.4 Å². The number of nitrogens with zero attached hydrogens (tertiary/aromatic N) is 1. The number of anilines is 1. The highest BCUT2D eigenvalue weighted by molar-refractivity contribution is 5.94. The van der Waals surface area contributed by atoms with Crippen molar-refractivity contribution in [1.82, 2.24) is 10.3 Å². The van der Waals surface area contributed by atoms with E-state index < -0.39 is 0 Å². The highest BCUT2D eigenvalue weighted by Crippen LogP contribution is 2.07. The van der Waals surface area contributed by atoms with Gasteiger partial charge >= 0.3 is 0 Å². The molecule has 1 aromatic rings. The Bertz CT molecular complexity index is 407. The zero-order valence-corrected chi connectivity index (χ0v) is 13.5. The lowest BCUT2D eigenvalue weighted by Gasteiger charge is -2.07. The maximum absolute atomic E-state index is 12.0. The maximum atomic E-state index is 12.0. The fourth-order valence-corrected chi connectivity index (χ4v) is 2.13. The largest absolute Gasteiger partial charge is 0.370 e. The Morgan fingerprint density at radius 3 is 2.57 bits per heavy atom. The van der Waals surface area contributed by atoms with Crippen LogP contribution in [0.2, 0.25) is 0 Å². The summed E-state index contributed by atoms with van der Waals surface area (Å²) in [7, 11) is 0. The third-order valence-corrected chi connectivity index (χ3v) is 3.39. The summed E-state index contributed by atoms with van der Waals surface area (Å²) < 4.78 is 0. The van der Waals surface area contributed by atoms with Gasteiger partial charge < -0.3 is 10.6 Å². The minimum atomic E-state index is -0.00879. The first-order valence-electron chi connectivity index (χ1n) is 8.26. The summed E-state index contributed by atoms with van der Waals surface area (Å²) in [6.45, 7) is 5.95. The van der Waals surface area contributed by atoms with E-state index in [0.717, 1.165) is 31.7 Å². The predicted molar refractivity (Wildman–Crippen MR) is 88.7 cm³/mol. The highest BCUT2D eigenvalue weighted by Gasteiger charge is 2.05. The van der Waals surface area contributed by atoms with Gasteiger partial charge in [-0.15, -0.1) is 0 Å². The normalized spacial score (nSPS) is 10.4. The summed E-state index contributed by atoms with van der Waals surface area (Å²) in [5, 5.41) is 6.17. The van der Waals surface area contributed by atoms with E-state index in [2.05, 4.69) is 29.5 Å². The van der Waals surface area contributed by atoms with Crippen LogP contribution in [0.1, 0.15) is 69.2 Å². The van der Waals surface area contributed by atoms with Gasteiger partial charge in [-0.05, 0) is 25.0 Å². The Hall–Kier alpha value is -1.58. The van der Waals surface area contributed by atoms with Gasteiger partial charge in [-0.3, -0.25) is 4.79 Å². The van der Waals surface area contributed by atoms with Crippen molar-refractivity contribution in [1.29, 1.82) is 0 Å². The molecule has 1 rings (SSSR count). The molecule has 0 bridgehead atoms. The van der Waals surface area contributed by atoms with Crippen LogP contribution in [0.15, 0.2) is 18.3 Å². The number of rotatable bonds is 11. The highest BCUT2D eigenvalue weighted by atomic mass is 16.1. The Morgan fingerprint density at radius 2 is 1.81 bits per heavy atom. The first-order chi connectivity index (χ1) is 10.3. The van der Waals surface area contributed by atoms with E-state index >= 15 is 0 Å². The van der Waals surface area contributed by atoms with Gasteiger partial charge in [-0.2, -0.15) is 0 Å². The van der Waals surface area contributed by atoms with E-state index in [0.29, 0.717) is 5.56 Å². The summed E-state index contributed by atoms with van der Waals surface area (Å²) >= 11 is 0. The van der Waals surface area contributed by atoms with Gasteiger partial charge in [0.2, 0.25) is 0 Å². The Kier molecular flexibility index (Phi) is 9.25. The van der Waals surface area contributed by atoms with Crippen LogP contribution in [0.4, 0.5) is 5.82 Å². The number of hydrogen-bond donors (Lipinski definition) is 2. The lowest BCUT2D eigenvalue weighted by Crippen LogP contribution is -2.24. The van der Waals surface area contributed by atoms with Crippen molar-refractivity contribution in [3.05, 3.63) is 23.9 Å². The second-order valence-electron chi connectivity index (χ2n) is 5.38. The monoisotopic (exact) mass is 291 g/mol. The van der Waals surface area contributed by atoms with E-state index in [4.69, 9.17) is 0 Å². The fourth-order valence-electron chi connectivity index (χ4n) is 2.13. The molecule has 0 radical (unpaired) electrons. The zero-order chi connectivity index (χ0) is 15.3. The average Bonchev–Trinajstić information content (AvgIpc) is 2.52. The van der Waals surface area contributed by atoms with Crippen LogP contribution in [0.5, 0.6) is 0 Å². The number of nitrogens with one attached hydrogen (secondary N) is 2. The van der Waals surface area contributed by atoms with Gasteiger partial charge in [0.05, 0.1) is 0 Å². The van der Waals surface area contributed by atoms with Crippen LogP contribution < -0.4 is 10.6 Å². The minimum absolute atomic E-state index is 0.00879. The number of amides is 1. The van der Waals surface area contributed by atoms with Crippen LogP contribution in [-0.2, 0) is 0 Å². The molecule has 0 aliphatic rings. The molecule has 0 fully saturated rings. The number of aromatic nitrogens is 1. The van der Waals surface area contributed by atoms with Crippen LogP contribution >= 0.6 is 0 Å². The molecule has 0 aromatic carbocycles. The summed E-state index contributed by atoms with van der Waals surface area (Å²) in [5.41, 5.74) is 0.676. The summed E-state index contributed by atoms with van der Waals surface area (Å²) in [6.07, 6.45) is 10.1. The molecule has 1 aromatic heterocycles. The molecular formula is C17H29N3O. The number of hydrogen-bond acceptors (Lipinski definition) is 3. The first kappa shape index (κ1) is 17.5. The lowest BCUT2D eigenvalue weighted by atomic mass is 10.1. The molecule has 21 heavy (non-hydrogen) atoms. The molecule has 1 amide bonds. The van der Waals surface area contributed by atoms with Gasteiger partial charge in [0, 0.05) is 24.8 Å². The average molecular weight is 291 g/mol. The third kappa shape index (κ3) is 7.69. The van der Waals surface area contributed by atoms with Crippen LogP contribution in [0.25, 0.3) is 0 Å². The molecule has 1 heterocycles. The van der Waals surface area contributed by atoms with E-state index in [1.165, 1.54) is 32.1 Å². The zero-order valence-electron chi connectivity index (χ0n) is 13.5. The molecule has 0 spiro atoms. The molecule has 0 saturated carbocycles. The van der Waals surface area contributed by atoms with Gasteiger partial charge in [0.25, 0.3) is 5.91 Å². The van der Waals surface area contributed by atoms with Crippen molar-refractivity contribution in [2.45, 2.75) is 58.8 Å². The van der Waals surface area contributed by atoms with Gasteiger partial charge in [-0.1, -0.05) is 46.0 Å². The number of carbonyl (C=O) groups is 1. The van der Waals surface area contributed by atoms with Crippen molar-refractivity contribution in [2.24, 2.45) is 0 Å². The number of unbranched alkanes of at least 4 members (excludes halogenated alkanes) is 5. The van der Waals surface area contributed by atoms with Crippen molar-refractivity contribution >= 4 is 11.7 Å². The fraction of sp³-hybridized carbons (Fsp3) is 0.647. The van der Waals surface area contributed by atoms with Gasteiger partial charge in [0.15, 0.2) is 0 Å². The van der Waals surface area contributed by atoms with Crippen molar-refractivity contribution in [3.63, 3.8) is 0 Å². The summed E-state index contributed by atoms with van der Waals surface area (Å²) in [6, 6.07) is 3.57. The van der Waals surface area contributed by atoms with Crippen LogP contribution in [-0.4, -0.2) is 24.0 Å². The lowest BCUT2D eigenvalue weighted by molar-refractivity contribution is 0.0953. The molecule has 4 heteroatoms. The molecule has 0 saturated heterocycles. The van der Waals surface area contributed by atoms with Crippen LogP contribution in [0.3, 0.4) is 0 Å². The number of carbonyl (C=O) groups excluding carboxylic acids is 1. The van der Waals surface area contributed by atoms with Crippen molar-refractivity contribution in [3.8, 4) is 0 Å². The topological polar surface area (TPSA) is 54.0 Å². The Labute approximate surface area is 128 Å². The quantitative estimate of drug-likeness (QED) is 0.606. The van der Waals surface area contributed by atoms with Gasteiger partial charge in [-0.25, -0.2) is 4.98 Å². The molecule has 2 N–H and O–H groups in total. The molecule has 4 nitrogen and oxygen atoms in total. The van der Waals surface area contributed by atoms with Gasteiger partial charge in [0.1, 0.15) is 5.82 Å². The SMILES string of the molecule is CCCCCCCCNC(=O)c1ccnc(NCCC)c1. The molecule has 0 atom stereocenters. The van der Waals surface area contributed by atoms with E-state index in [9.17, 15) is 4.79 Å². The van der Waals surface area contributed by atoms with E-state index in [1.807, 2.05) is 6.07 Å². The molecule has 0 aliphatic heterocycles. The molecule has 0 aliphatic carbocycles. The predicted octanol–water partition coefficient (Wildman–Crippen LogP) is 3.99. The van der Waals surface area contributed by atoms with E-state index in [1.54, 1.807) is 12.3 Å². The third-order valence-electron chi connectivity index (χ3n) is 3.39. The molecule has 118 valence electrons. The van der Waals surface area contributed by atoms with E-state index in [-0.39, 0.29) is 5.91 Å². The summed E-state index contributed by atoms with van der Waals surface area (Å²) in [5.74, 6) is 0.759. The molecule has 0 unspecified atom stereocenters. The minimum Gasteiger partial charge on any atom is -0.370 e. The second kappa shape index (κ2) is 11.1. The second-order valence-corrected chi connectivity index (χ2v) is 5.38. The van der Waals surface area contributed by atoms with Crippen molar-refractivity contribution < 1.29 is 4.79 Å². The molecular weight excluding hydrogens is 262 g/mol.